The Morgan fingerprint density at radius 1 is 1.24 bits per heavy atom. The van der Waals surface area contributed by atoms with Crippen LogP contribution in [0.25, 0.3) is 0 Å². The molecule has 0 aliphatic heterocycles. The number of sulfonamides is 1. The first-order chi connectivity index (χ1) is 9.87. The third kappa shape index (κ3) is 3.43. The van der Waals surface area contributed by atoms with Gasteiger partial charge >= 0.3 is 0 Å². The molecule has 0 saturated carbocycles. The number of benzene rings is 1. The molecule has 0 aliphatic carbocycles. The van der Waals surface area contributed by atoms with Gasteiger partial charge in [-0.15, -0.1) is 22.9 Å². The number of thiophene rings is 1. The topological polar surface area (TPSA) is 37.4 Å². The lowest BCUT2D eigenvalue weighted by Gasteiger charge is -2.24. The maximum atomic E-state index is 12.6. The summed E-state index contributed by atoms with van der Waals surface area (Å²) in [6.45, 7) is 1.81. The fourth-order valence-corrected chi connectivity index (χ4v) is 5.21. The van der Waals surface area contributed by atoms with Crippen LogP contribution in [0.4, 0.5) is 0 Å². The molecule has 2 rings (SSSR count). The zero-order chi connectivity index (χ0) is 15.6. The summed E-state index contributed by atoms with van der Waals surface area (Å²) in [6.07, 6.45) is 0. The van der Waals surface area contributed by atoms with Crippen LogP contribution in [-0.4, -0.2) is 19.8 Å². The minimum absolute atomic E-state index is 0.291. The van der Waals surface area contributed by atoms with Gasteiger partial charge in [-0.05, 0) is 30.7 Å². The van der Waals surface area contributed by atoms with Gasteiger partial charge in [0.15, 0.2) is 0 Å². The molecular formula is C14H15Cl2NO2S2. The predicted molar refractivity (Wildman–Crippen MR) is 88.7 cm³/mol. The Kier molecular flexibility index (Phi) is 5.33. The Hall–Kier alpha value is -0.590. The summed E-state index contributed by atoms with van der Waals surface area (Å²) in [5, 5.41) is 0.555. The quantitative estimate of drug-likeness (QED) is 0.732. The summed E-state index contributed by atoms with van der Waals surface area (Å²) in [5.41, 5.74) is 0.777. The lowest BCUT2D eigenvalue weighted by Crippen LogP contribution is -2.29. The maximum absolute atomic E-state index is 12.6. The van der Waals surface area contributed by atoms with Gasteiger partial charge in [0.05, 0.1) is 5.88 Å². The maximum Gasteiger partial charge on any atom is 0.252 e. The van der Waals surface area contributed by atoms with Crippen LogP contribution in [0.3, 0.4) is 0 Å². The van der Waals surface area contributed by atoms with Gasteiger partial charge in [0.2, 0.25) is 0 Å². The lowest BCUT2D eigenvalue weighted by atomic mass is 10.1. The number of hydrogen-bond donors (Lipinski definition) is 0. The highest BCUT2D eigenvalue weighted by Gasteiger charge is 2.28. The number of rotatable bonds is 5. The van der Waals surface area contributed by atoms with Gasteiger partial charge in [0.1, 0.15) is 4.21 Å². The van der Waals surface area contributed by atoms with Gasteiger partial charge in [-0.3, -0.25) is 0 Å². The van der Waals surface area contributed by atoms with Gasteiger partial charge in [0, 0.05) is 23.0 Å². The van der Waals surface area contributed by atoms with E-state index in [9.17, 15) is 8.42 Å². The Morgan fingerprint density at radius 2 is 1.90 bits per heavy atom. The smallest absolute Gasteiger partial charge is 0.206 e. The van der Waals surface area contributed by atoms with E-state index in [1.165, 1.54) is 15.6 Å². The summed E-state index contributed by atoms with van der Waals surface area (Å²) in [7, 11) is -2.00. The molecule has 7 heteroatoms. The van der Waals surface area contributed by atoms with E-state index in [0.717, 1.165) is 10.4 Å². The molecule has 0 N–H and O–H groups in total. The first-order valence-electron chi connectivity index (χ1n) is 6.25. The van der Waals surface area contributed by atoms with E-state index in [4.69, 9.17) is 23.2 Å². The molecule has 3 nitrogen and oxygen atoms in total. The normalized spacial score (nSPS) is 13.6. The second kappa shape index (κ2) is 6.67. The van der Waals surface area contributed by atoms with Gasteiger partial charge in [-0.2, -0.15) is 4.31 Å². The summed E-state index contributed by atoms with van der Waals surface area (Å²) in [5.74, 6) is 0.309. The van der Waals surface area contributed by atoms with Crippen molar-refractivity contribution in [1.82, 2.24) is 4.31 Å². The second-order valence-corrected chi connectivity index (χ2v) is 8.64. The molecule has 0 fully saturated rings. The van der Waals surface area contributed by atoms with E-state index in [0.29, 0.717) is 15.1 Å². The monoisotopic (exact) mass is 363 g/mol. The molecule has 2 aromatic rings. The summed E-state index contributed by atoms with van der Waals surface area (Å²) in [4.78, 5) is 0.828. The zero-order valence-electron chi connectivity index (χ0n) is 11.6. The molecule has 1 aromatic carbocycles. The van der Waals surface area contributed by atoms with Crippen molar-refractivity contribution < 1.29 is 8.42 Å². The Balaban J connectivity index is 2.34. The molecule has 21 heavy (non-hydrogen) atoms. The first kappa shape index (κ1) is 16.8. The molecule has 1 aromatic heterocycles. The van der Waals surface area contributed by atoms with Gasteiger partial charge < -0.3 is 0 Å². The fraction of sp³-hybridized carbons (Fsp3) is 0.286. The third-order valence-corrected chi connectivity index (χ3v) is 7.57. The van der Waals surface area contributed by atoms with Crippen molar-refractivity contribution in [3.05, 3.63) is 51.9 Å². The van der Waals surface area contributed by atoms with Gasteiger partial charge in [0.25, 0.3) is 10.0 Å². The number of nitrogens with zero attached hydrogens (tertiary/aromatic N) is 1. The molecule has 0 spiro atoms. The van der Waals surface area contributed by atoms with Crippen LogP contribution in [0, 0.1) is 0 Å². The average molecular weight is 364 g/mol. The molecule has 0 radical (unpaired) electrons. The molecule has 0 bridgehead atoms. The summed E-state index contributed by atoms with van der Waals surface area (Å²) < 4.78 is 26.9. The van der Waals surface area contributed by atoms with Crippen LogP contribution >= 0.6 is 34.5 Å². The second-order valence-electron chi connectivity index (χ2n) is 4.57. The van der Waals surface area contributed by atoms with Crippen LogP contribution in [0.15, 0.2) is 40.6 Å². The van der Waals surface area contributed by atoms with Gasteiger partial charge in [-0.1, -0.05) is 29.8 Å². The lowest BCUT2D eigenvalue weighted by molar-refractivity contribution is 0.399. The first-order valence-corrected chi connectivity index (χ1v) is 9.42. The Labute approximate surface area is 139 Å². The van der Waals surface area contributed by atoms with E-state index >= 15 is 0 Å². The summed E-state index contributed by atoms with van der Waals surface area (Å²) >= 11 is 13.1. The molecule has 0 amide bonds. The van der Waals surface area contributed by atoms with Crippen molar-refractivity contribution in [3.63, 3.8) is 0 Å². The van der Waals surface area contributed by atoms with Crippen molar-refractivity contribution in [1.29, 1.82) is 0 Å². The highest BCUT2D eigenvalue weighted by Crippen LogP contribution is 2.32. The molecule has 1 unspecified atom stereocenters. The highest BCUT2D eigenvalue weighted by atomic mass is 35.5. The van der Waals surface area contributed by atoms with Crippen molar-refractivity contribution in [2.24, 2.45) is 0 Å². The van der Waals surface area contributed by atoms with Crippen molar-refractivity contribution in [2.45, 2.75) is 23.1 Å². The Morgan fingerprint density at radius 3 is 2.48 bits per heavy atom. The number of hydrogen-bond acceptors (Lipinski definition) is 3. The standard InChI is InChI=1S/C14H15Cl2NO2S2/c1-10(12-5-3-4-6-13(12)16)17(2)21(18,19)14-8-7-11(9-15)20-14/h3-8,10H,9H2,1-2H3. The molecule has 1 atom stereocenters. The minimum Gasteiger partial charge on any atom is -0.206 e. The molecule has 114 valence electrons. The molecule has 1 heterocycles. The van der Waals surface area contributed by atoms with Crippen LogP contribution in [0.2, 0.25) is 5.02 Å². The largest absolute Gasteiger partial charge is 0.252 e. The average Bonchev–Trinajstić information content (AvgIpc) is 2.96. The van der Waals surface area contributed by atoms with Gasteiger partial charge in [-0.25, -0.2) is 8.42 Å². The van der Waals surface area contributed by atoms with E-state index in [1.54, 1.807) is 25.2 Å². The number of alkyl halides is 1. The van der Waals surface area contributed by atoms with Crippen molar-refractivity contribution in [2.75, 3.05) is 7.05 Å². The SMILES string of the molecule is CC(c1ccccc1Cl)N(C)S(=O)(=O)c1ccc(CCl)s1. The van der Waals surface area contributed by atoms with Crippen LogP contribution in [0.5, 0.6) is 0 Å². The highest BCUT2D eigenvalue weighted by molar-refractivity contribution is 7.91. The summed E-state index contributed by atoms with van der Waals surface area (Å²) in [6, 6.07) is 10.2. The molecule has 0 saturated heterocycles. The van der Waals surface area contributed by atoms with E-state index < -0.39 is 10.0 Å². The third-order valence-electron chi connectivity index (χ3n) is 3.30. The molecule has 0 aliphatic rings. The van der Waals surface area contributed by atoms with E-state index in [2.05, 4.69) is 0 Å². The van der Waals surface area contributed by atoms with E-state index in [1.807, 2.05) is 25.1 Å². The zero-order valence-corrected chi connectivity index (χ0v) is 14.7. The van der Waals surface area contributed by atoms with Crippen molar-refractivity contribution >= 4 is 44.6 Å². The van der Waals surface area contributed by atoms with Crippen LogP contribution in [-0.2, 0) is 15.9 Å². The predicted octanol–water partition coefficient (Wildman–Crippen LogP) is 4.52. The molecular weight excluding hydrogens is 349 g/mol. The minimum atomic E-state index is -3.56. The Bertz CT molecular complexity index is 728. The van der Waals surface area contributed by atoms with Crippen LogP contribution in [0.1, 0.15) is 23.4 Å². The van der Waals surface area contributed by atoms with E-state index in [-0.39, 0.29) is 6.04 Å². The van der Waals surface area contributed by atoms with Crippen LogP contribution < -0.4 is 0 Å². The van der Waals surface area contributed by atoms with Crippen molar-refractivity contribution in [3.8, 4) is 0 Å². The number of halogens is 2. The fourth-order valence-electron chi connectivity index (χ4n) is 1.93.